The summed E-state index contributed by atoms with van der Waals surface area (Å²) in [4.78, 5) is 18.6. The Morgan fingerprint density at radius 2 is 1.29 bits per heavy atom. The summed E-state index contributed by atoms with van der Waals surface area (Å²) in [5.41, 5.74) is 6.91. The van der Waals surface area contributed by atoms with Crippen molar-refractivity contribution in [2.45, 2.75) is 19.6 Å². The van der Waals surface area contributed by atoms with Crippen molar-refractivity contribution in [3.63, 3.8) is 0 Å². The lowest BCUT2D eigenvalue weighted by atomic mass is 10.1. The molecule has 4 heterocycles. The van der Waals surface area contributed by atoms with Gasteiger partial charge in [-0.25, -0.2) is 4.98 Å². The molecule has 0 N–H and O–H groups in total. The summed E-state index contributed by atoms with van der Waals surface area (Å²) in [7, 11) is 4.08. The molecule has 6 heteroatoms. The highest BCUT2D eigenvalue weighted by Crippen LogP contribution is 2.33. The number of benzene rings is 2. The van der Waals surface area contributed by atoms with E-state index in [0.717, 1.165) is 56.0 Å². The maximum atomic E-state index is 6.41. The molecule has 0 saturated carbocycles. The zero-order valence-corrected chi connectivity index (χ0v) is 21.6. The minimum absolute atomic E-state index is 0.666. The van der Waals surface area contributed by atoms with E-state index in [1.165, 1.54) is 0 Å². The van der Waals surface area contributed by atoms with Gasteiger partial charge in [0, 0.05) is 68.1 Å². The van der Waals surface area contributed by atoms with Gasteiger partial charge in [0.1, 0.15) is 11.3 Å². The number of rotatable bonds is 8. The lowest BCUT2D eigenvalue weighted by molar-refractivity contribution is 0.239. The van der Waals surface area contributed by atoms with Gasteiger partial charge in [0.25, 0.3) is 0 Å². The maximum Gasteiger partial charge on any atom is 0.161 e. The van der Waals surface area contributed by atoms with E-state index in [4.69, 9.17) is 9.40 Å². The number of anilines is 1. The van der Waals surface area contributed by atoms with Gasteiger partial charge in [0.05, 0.1) is 17.1 Å². The van der Waals surface area contributed by atoms with E-state index in [1.54, 1.807) is 0 Å². The highest BCUT2D eigenvalue weighted by atomic mass is 16.3. The smallest absolute Gasteiger partial charge is 0.161 e. The van der Waals surface area contributed by atoms with Gasteiger partial charge in [-0.2, -0.15) is 0 Å². The molecule has 4 aromatic heterocycles. The van der Waals surface area contributed by atoms with Crippen LogP contribution in [-0.2, 0) is 19.6 Å². The first-order valence-corrected chi connectivity index (χ1v) is 12.7. The SMILES string of the molecule is CN(C)c1ccc(-c2cc3ccc4ccc(CN(Cc5ccccn5)Cc5ccccn5)nc4c3o2)cc1. The van der Waals surface area contributed by atoms with Crippen LogP contribution < -0.4 is 4.90 Å². The minimum Gasteiger partial charge on any atom is -0.454 e. The fourth-order valence-electron chi connectivity index (χ4n) is 4.71. The average Bonchev–Trinajstić information content (AvgIpc) is 3.39. The molecule has 188 valence electrons. The average molecular weight is 500 g/mol. The Kier molecular flexibility index (Phi) is 6.54. The second-order valence-electron chi connectivity index (χ2n) is 9.70. The van der Waals surface area contributed by atoms with Crippen LogP contribution in [0.2, 0.25) is 0 Å². The Balaban J connectivity index is 1.33. The molecule has 0 radical (unpaired) electrons. The zero-order valence-electron chi connectivity index (χ0n) is 21.6. The third-order valence-electron chi connectivity index (χ3n) is 6.68. The molecule has 0 amide bonds. The number of hydrogen-bond donors (Lipinski definition) is 0. The molecule has 0 saturated heterocycles. The van der Waals surface area contributed by atoms with E-state index >= 15 is 0 Å². The normalized spacial score (nSPS) is 11.4. The Morgan fingerprint density at radius 3 is 1.92 bits per heavy atom. The molecule has 0 aliphatic carbocycles. The molecule has 0 atom stereocenters. The fraction of sp³-hybridized carbons (Fsp3) is 0.156. The summed E-state index contributed by atoms with van der Waals surface area (Å²) in [5.74, 6) is 0.844. The van der Waals surface area contributed by atoms with Crippen LogP contribution in [0.1, 0.15) is 17.1 Å². The molecule has 0 aliphatic heterocycles. The molecular formula is C32H29N5O. The molecule has 0 unspecified atom stereocenters. The number of nitrogens with zero attached hydrogens (tertiary/aromatic N) is 5. The van der Waals surface area contributed by atoms with Crippen molar-refractivity contribution in [3.05, 3.63) is 120 Å². The largest absolute Gasteiger partial charge is 0.454 e. The predicted octanol–water partition coefficient (Wildman–Crippen LogP) is 6.71. The van der Waals surface area contributed by atoms with E-state index in [0.29, 0.717) is 19.6 Å². The van der Waals surface area contributed by atoms with Gasteiger partial charge in [-0.3, -0.25) is 14.9 Å². The van der Waals surface area contributed by atoms with Crippen LogP contribution in [0.15, 0.2) is 108 Å². The minimum atomic E-state index is 0.666. The first-order valence-electron chi connectivity index (χ1n) is 12.7. The van der Waals surface area contributed by atoms with Crippen LogP contribution in [0.25, 0.3) is 33.2 Å². The van der Waals surface area contributed by atoms with Gasteiger partial charge >= 0.3 is 0 Å². The highest BCUT2D eigenvalue weighted by Gasteiger charge is 2.14. The fourth-order valence-corrected chi connectivity index (χ4v) is 4.71. The van der Waals surface area contributed by atoms with Crippen molar-refractivity contribution >= 4 is 27.6 Å². The van der Waals surface area contributed by atoms with E-state index in [1.807, 2.05) is 50.8 Å². The van der Waals surface area contributed by atoms with Crippen LogP contribution in [-0.4, -0.2) is 33.9 Å². The van der Waals surface area contributed by atoms with Crippen molar-refractivity contribution in [1.82, 2.24) is 19.9 Å². The molecule has 0 spiro atoms. The molecule has 6 aromatic rings. The predicted molar refractivity (Wildman–Crippen MR) is 153 cm³/mol. The van der Waals surface area contributed by atoms with E-state index in [-0.39, 0.29) is 0 Å². The van der Waals surface area contributed by atoms with Crippen molar-refractivity contribution in [2.24, 2.45) is 0 Å². The van der Waals surface area contributed by atoms with Crippen molar-refractivity contribution < 1.29 is 4.42 Å². The standard InChI is InChI=1S/C32H29N5O/c1-36(2)29-15-12-23(13-16-29)30-19-25-10-9-24-11-14-28(35-31(24)32(25)38-30)22-37(20-26-7-3-5-17-33-26)21-27-8-4-6-18-34-27/h3-19H,20-22H2,1-2H3. The molecule has 0 aliphatic rings. The number of hydrogen-bond acceptors (Lipinski definition) is 6. The molecule has 6 rings (SSSR count). The van der Waals surface area contributed by atoms with Crippen LogP contribution >= 0.6 is 0 Å². The first-order chi connectivity index (χ1) is 18.6. The summed E-state index contributed by atoms with van der Waals surface area (Å²) < 4.78 is 6.41. The second kappa shape index (κ2) is 10.4. The monoisotopic (exact) mass is 499 g/mol. The lowest BCUT2D eigenvalue weighted by Crippen LogP contribution is -2.24. The van der Waals surface area contributed by atoms with Crippen molar-refractivity contribution in [3.8, 4) is 11.3 Å². The van der Waals surface area contributed by atoms with E-state index in [9.17, 15) is 0 Å². The summed E-state index contributed by atoms with van der Waals surface area (Å²) in [5, 5.41) is 2.11. The summed E-state index contributed by atoms with van der Waals surface area (Å²) >= 11 is 0. The molecule has 0 fully saturated rings. The van der Waals surface area contributed by atoms with E-state index < -0.39 is 0 Å². The van der Waals surface area contributed by atoms with E-state index in [2.05, 4.69) is 86.5 Å². The van der Waals surface area contributed by atoms with Gasteiger partial charge in [0.15, 0.2) is 5.58 Å². The van der Waals surface area contributed by atoms with Gasteiger partial charge in [0.2, 0.25) is 0 Å². The molecule has 0 bridgehead atoms. The van der Waals surface area contributed by atoms with Gasteiger partial charge < -0.3 is 9.32 Å². The molecule has 38 heavy (non-hydrogen) atoms. The van der Waals surface area contributed by atoms with Crippen LogP contribution in [0.3, 0.4) is 0 Å². The molecular weight excluding hydrogens is 470 g/mol. The lowest BCUT2D eigenvalue weighted by Gasteiger charge is -2.21. The second-order valence-corrected chi connectivity index (χ2v) is 9.70. The Labute approximate surface area is 222 Å². The zero-order chi connectivity index (χ0) is 25.9. The Bertz CT molecular complexity index is 1620. The topological polar surface area (TPSA) is 58.3 Å². The Hall–Kier alpha value is -4.55. The maximum absolute atomic E-state index is 6.41. The van der Waals surface area contributed by atoms with Crippen LogP contribution in [0, 0.1) is 0 Å². The third kappa shape index (κ3) is 5.12. The quantitative estimate of drug-likeness (QED) is 0.232. The summed E-state index contributed by atoms with van der Waals surface area (Å²) in [6.45, 7) is 2.07. The van der Waals surface area contributed by atoms with Gasteiger partial charge in [-0.05, 0) is 60.7 Å². The molecule has 2 aromatic carbocycles. The third-order valence-corrected chi connectivity index (χ3v) is 6.68. The summed E-state index contributed by atoms with van der Waals surface area (Å²) in [6.07, 6.45) is 3.67. The number of pyridine rings is 3. The highest BCUT2D eigenvalue weighted by molar-refractivity contribution is 6.03. The first kappa shape index (κ1) is 23.8. The molecule has 6 nitrogen and oxygen atoms in total. The number of fused-ring (bicyclic) bond motifs is 3. The Morgan fingerprint density at radius 1 is 0.658 bits per heavy atom. The van der Waals surface area contributed by atoms with Crippen molar-refractivity contribution in [2.75, 3.05) is 19.0 Å². The number of furan rings is 1. The van der Waals surface area contributed by atoms with Crippen LogP contribution in [0.4, 0.5) is 5.69 Å². The number of aromatic nitrogens is 3. The summed E-state index contributed by atoms with van der Waals surface area (Å²) in [6, 6.07) is 31.0. The van der Waals surface area contributed by atoms with Gasteiger partial charge in [-0.1, -0.05) is 30.3 Å². The van der Waals surface area contributed by atoms with Crippen LogP contribution in [0.5, 0.6) is 0 Å². The van der Waals surface area contributed by atoms with Crippen molar-refractivity contribution in [1.29, 1.82) is 0 Å². The van der Waals surface area contributed by atoms with Gasteiger partial charge in [-0.15, -0.1) is 0 Å².